The van der Waals surface area contributed by atoms with E-state index in [1.165, 1.54) is 24.3 Å². The maximum absolute atomic E-state index is 12.9. The number of carbonyl (C=O) groups is 2. The molecule has 0 saturated heterocycles. The lowest BCUT2D eigenvalue weighted by Gasteiger charge is -2.20. The summed E-state index contributed by atoms with van der Waals surface area (Å²) in [6, 6.07) is 4.98. The molecule has 28 heavy (non-hydrogen) atoms. The second kappa shape index (κ2) is 9.05. The number of rotatable bonds is 6. The molecule has 3 amide bonds. The van der Waals surface area contributed by atoms with E-state index in [1.54, 1.807) is 13.8 Å². The van der Waals surface area contributed by atoms with Crippen molar-refractivity contribution in [2.75, 3.05) is 0 Å². The summed E-state index contributed by atoms with van der Waals surface area (Å²) in [6.07, 6.45) is -0.561. The van der Waals surface area contributed by atoms with Crippen molar-refractivity contribution in [3.63, 3.8) is 0 Å². The van der Waals surface area contributed by atoms with Crippen LogP contribution in [0.15, 0.2) is 33.9 Å². The van der Waals surface area contributed by atoms with Crippen LogP contribution in [-0.4, -0.2) is 32.9 Å². The zero-order valence-corrected chi connectivity index (χ0v) is 17.1. The summed E-state index contributed by atoms with van der Waals surface area (Å²) in [5, 5.41) is 12.2. The Kier molecular flexibility index (Phi) is 7.00. The van der Waals surface area contributed by atoms with Gasteiger partial charge in [-0.15, -0.1) is 10.2 Å². The SMILES string of the molecule is C[C@H](Oc1ccc(F)cc1)c1nnc(S[C@H](C)C(=O)NC(=O)NC(C)(C)C)o1. The Labute approximate surface area is 166 Å². The van der Waals surface area contributed by atoms with E-state index in [4.69, 9.17) is 9.15 Å². The molecule has 0 aliphatic rings. The molecular formula is C18H23FN4O4S. The summed E-state index contributed by atoms with van der Waals surface area (Å²) in [5.41, 5.74) is -0.456. The number of benzene rings is 1. The van der Waals surface area contributed by atoms with Crippen LogP contribution in [0.5, 0.6) is 5.75 Å². The number of ether oxygens (including phenoxy) is 1. The van der Waals surface area contributed by atoms with E-state index >= 15 is 0 Å². The second-order valence-electron chi connectivity index (χ2n) is 7.07. The smallest absolute Gasteiger partial charge is 0.321 e. The minimum absolute atomic E-state index is 0.170. The van der Waals surface area contributed by atoms with Gasteiger partial charge in [-0.2, -0.15) is 0 Å². The monoisotopic (exact) mass is 410 g/mol. The summed E-state index contributed by atoms with van der Waals surface area (Å²) >= 11 is 1.02. The van der Waals surface area contributed by atoms with E-state index in [0.29, 0.717) is 5.75 Å². The van der Waals surface area contributed by atoms with Gasteiger partial charge in [0.25, 0.3) is 11.1 Å². The number of amides is 3. The summed E-state index contributed by atoms with van der Waals surface area (Å²) in [4.78, 5) is 23.9. The first-order chi connectivity index (χ1) is 13.0. The van der Waals surface area contributed by atoms with Gasteiger partial charge < -0.3 is 14.5 Å². The Bertz CT molecular complexity index is 820. The maximum atomic E-state index is 12.9. The molecule has 2 rings (SSSR count). The molecule has 8 nitrogen and oxygen atoms in total. The standard InChI is InChI=1S/C18H23FN4O4S/c1-10(26-13-8-6-12(19)7-9-13)15-22-23-17(27-15)28-11(2)14(24)20-16(25)21-18(3,4)5/h6-11H,1-5H3,(H2,20,21,24,25)/t10-,11+/m0/s1. The number of thioether (sulfide) groups is 1. The Morgan fingerprint density at radius 2 is 1.82 bits per heavy atom. The molecule has 0 aliphatic heterocycles. The number of carbonyl (C=O) groups excluding carboxylic acids is 2. The molecule has 2 atom stereocenters. The van der Waals surface area contributed by atoms with E-state index in [0.717, 1.165) is 11.8 Å². The largest absolute Gasteiger partial charge is 0.481 e. The van der Waals surface area contributed by atoms with Gasteiger partial charge in [0.1, 0.15) is 11.6 Å². The average molecular weight is 410 g/mol. The van der Waals surface area contributed by atoms with Crippen LogP contribution in [0.3, 0.4) is 0 Å². The lowest BCUT2D eigenvalue weighted by molar-refractivity contribution is -0.119. The molecule has 10 heteroatoms. The Hall–Kier alpha value is -2.62. The first kappa shape index (κ1) is 21.7. The molecule has 2 N–H and O–H groups in total. The van der Waals surface area contributed by atoms with Gasteiger partial charge in [-0.3, -0.25) is 10.1 Å². The van der Waals surface area contributed by atoms with Gasteiger partial charge in [-0.05, 0) is 58.9 Å². The summed E-state index contributed by atoms with van der Waals surface area (Å²) in [5.74, 6) is -0.175. The molecule has 1 aromatic carbocycles. The molecule has 0 spiro atoms. The fourth-order valence-corrected chi connectivity index (χ4v) is 2.68. The minimum atomic E-state index is -0.632. The Morgan fingerprint density at radius 1 is 1.18 bits per heavy atom. The van der Waals surface area contributed by atoms with Crippen LogP contribution in [0.4, 0.5) is 9.18 Å². The highest BCUT2D eigenvalue weighted by atomic mass is 32.2. The number of imide groups is 1. The van der Waals surface area contributed by atoms with Crippen molar-refractivity contribution < 1.29 is 23.1 Å². The molecule has 0 unspecified atom stereocenters. The van der Waals surface area contributed by atoms with Gasteiger partial charge in [0.05, 0.1) is 5.25 Å². The van der Waals surface area contributed by atoms with Crippen molar-refractivity contribution in [1.82, 2.24) is 20.8 Å². The van der Waals surface area contributed by atoms with Crippen molar-refractivity contribution in [1.29, 1.82) is 0 Å². The predicted molar refractivity (Wildman–Crippen MR) is 101 cm³/mol. The highest BCUT2D eigenvalue weighted by molar-refractivity contribution is 8.00. The molecule has 0 aliphatic carbocycles. The summed E-state index contributed by atoms with van der Waals surface area (Å²) in [6.45, 7) is 8.75. The highest BCUT2D eigenvalue weighted by Crippen LogP contribution is 2.26. The number of aromatic nitrogens is 2. The Balaban J connectivity index is 1.89. The number of nitrogens with one attached hydrogen (secondary N) is 2. The number of hydrogen-bond acceptors (Lipinski definition) is 7. The normalized spacial score (nSPS) is 13.5. The van der Waals surface area contributed by atoms with Gasteiger partial charge in [-0.1, -0.05) is 11.8 Å². The van der Waals surface area contributed by atoms with Gasteiger partial charge in [0.2, 0.25) is 5.91 Å². The van der Waals surface area contributed by atoms with Crippen LogP contribution < -0.4 is 15.4 Å². The molecular weight excluding hydrogens is 387 g/mol. The van der Waals surface area contributed by atoms with Crippen LogP contribution >= 0.6 is 11.8 Å². The molecule has 152 valence electrons. The van der Waals surface area contributed by atoms with Crippen molar-refractivity contribution in [3.8, 4) is 5.75 Å². The number of urea groups is 1. The average Bonchev–Trinajstić information content (AvgIpc) is 3.03. The first-order valence-corrected chi connectivity index (χ1v) is 9.47. The van der Waals surface area contributed by atoms with E-state index in [2.05, 4.69) is 20.8 Å². The molecule has 2 aromatic rings. The third-order valence-electron chi connectivity index (χ3n) is 3.27. The van der Waals surface area contributed by atoms with E-state index < -0.39 is 28.8 Å². The van der Waals surface area contributed by atoms with E-state index in [-0.39, 0.29) is 16.9 Å². The van der Waals surface area contributed by atoms with Gasteiger partial charge in [-0.25, -0.2) is 9.18 Å². The predicted octanol–water partition coefficient (Wildman–Crippen LogP) is 3.45. The third kappa shape index (κ3) is 6.84. The van der Waals surface area contributed by atoms with Crippen LogP contribution in [0.1, 0.15) is 46.6 Å². The van der Waals surface area contributed by atoms with Crippen LogP contribution in [-0.2, 0) is 4.79 Å². The molecule has 0 saturated carbocycles. The molecule has 1 aromatic heterocycles. The zero-order valence-electron chi connectivity index (χ0n) is 16.3. The zero-order chi connectivity index (χ0) is 20.9. The van der Waals surface area contributed by atoms with Crippen LogP contribution in [0.2, 0.25) is 0 Å². The number of nitrogens with zero attached hydrogens (tertiary/aromatic N) is 2. The van der Waals surface area contributed by atoms with Gasteiger partial charge in [0.15, 0.2) is 6.10 Å². The molecule has 1 heterocycles. The molecule has 0 fully saturated rings. The second-order valence-corrected chi connectivity index (χ2v) is 8.37. The third-order valence-corrected chi connectivity index (χ3v) is 4.20. The molecule has 0 bridgehead atoms. The van der Waals surface area contributed by atoms with E-state index in [9.17, 15) is 14.0 Å². The Morgan fingerprint density at radius 3 is 2.43 bits per heavy atom. The molecule has 0 radical (unpaired) electrons. The van der Waals surface area contributed by atoms with E-state index in [1.807, 2.05) is 20.8 Å². The van der Waals surface area contributed by atoms with Crippen molar-refractivity contribution in [3.05, 3.63) is 36.0 Å². The fraction of sp³-hybridized carbons (Fsp3) is 0.444. The van der Waals surface area contributed by atoms with Crippen LogP contribution in [0, 0.1) is 5.82 Å². The number of hydrogen-bond donors (Lipinski definition) is 2. The topological polar surface area (TPSA) is 106 Å². The minimum Gasteiger partial charge on any atom is -0.481 e. The quantitative estimate of drug-likeness (QED) is 0.703. The fourth-order valence-electron chi connectivity index (χ4n) is 1.99. The lowest BCUT2D eigenvalue weighted by Crippen LogP contribution is -2.49. The van der Waals surface area contributed by atoms with Crippen LogP contribution in [0.25, 0.3) is 0 Å². The summed E-state index contributed by atoms with van der Waals surface area (Å²) in [7, 11) is 0. The number of halogens is 1. The first-order valence-electron chi connectivity index (χ1n) is 8.59. The highest BCUT2D eigenvalue weighted by Gasteiger charge is 2.23. The van der Waals surface area contributed by atoms with Crippen molar-refractivity contribution >= 4 is 23.7 Å². The van der Waals surface area contributed by atoms with Gasteiger partial charge in [0, 0.05) is 5.54 Å². The summed E-state index contributed by atoms with van der Waals surface area (Å²) < 4.78 is 24.1. The van der Waals surface area contributed by atoms with Crippen molar-refractivity contribution in [2.24, 2.45) is 0 Å². The lowest BCUT2D eigenvalue weighted by atomic mass is 10.1. The maximum Gasteiger partial charge on any atom is 0.321 e. The van der Waals surface area contributed by atoms with Crippen molar-refractivity contribution in [2.45, 2.75) is 56.7 Å². The van der Waals surface area contributed by atoms with Gasteiger partial charge >= 0.3 is 6.03 Å².